The van der Waals surface area contributed by atoms with Gasteiger partial charge in [0.1, 0.15) is 23.1 Å². The maximum atomic E-state index is 12.4. The molecule has 0 bridgehead atoms. The molecule has 1 amide bonds. The van der Waals surface area contributed by atoms with Gasteiger partial charge in [0.15, 0.2) is 6.61 Å². The molecule has 0 unspecified atom stereocenters. The molecule has 0 aliphatic heterocycles. The molecule has 4 rings (SSSR count). The highest BCUT2D eigenvalue weighted by Gasteiger charge is 2.22. The number of fused-ring (bicyclic) bond motifs is 2. The first kappa shape index (κ1) is 21.9. The number of hydrogen-bond donors (Lipinski definition) is 4. The summed E-state index contributed by atoms with van der Waals surface area (Å²) in [4.78, 5) is 38.9. The van der Waals surface area contributed by atoms with Crippen LogP contribution in [0, 0.1) is 13.8 Å². The van der Waals surface area contributed by atoms with Crippen LogP contribution in [0.4, 0.5) is 0 Å². The highest BCUT2D eigenvalue weighted by Crippen LogP contribution is 2.28. The zero-order valence-corrected chi connectivity index (χ0v) is 18.0. The van der Waals surface area contributed by atoms with E-state index in [0.717, 1.165) is 16.5 Å². The van der Waals surface area contributed by atoms with E-state index in [1.165, 1.54) is 18.2 Å². The molecule has 2 aromatic heterocycles. The van der Waals surface area contributed by atoms with Crippen LogP contribution in [-0.4, -0.2) is 39.7 Å². The lowest BCUT2D eigenvalue weighted by molar-refractivity contribution is -0.142. The summed E-state index contributed by atoms with van der Waals surface area (Å²) >= 11 is 0. The first-order valence-corrected chi connectivity index (χ1v) is 10.2. The van der Waals surface area contributed by atoms with E-state index >= 15 is 0 Å². The van der Waals surface area contributed by atoms with Crippen molar-refractivity contribution in [2.75, 3.05) is 6.61 Å². The first-order valence-electron chi connectivity index (χ1n) is 10.2. The van der Waals surface area contributed by atoms with Crippen LogP contribution in [-0.2, 0) is 16.0 Å². The summed E-state index contributed by atoms with van der Waals surface area (Å²) in [5, 5.41) is 23.2. The Morgan fingerprint density at radius 3 is 2.70 bits per heavy atom. The molecule has 2 heterocycles. The summed E-state index contributed by atoms with van der Waals surface area (Å²) in [5.41, 5.74) is 2.62. The number of aromatic hydroxyl groups is 1. The van der Waals surface area contributed by atoms with E-state index in [1.54, 1.807) is 38.2 Å². The monoisotopic (exact) mass is 450 g/mol. The summed E-state index contributed by atoms with van der Waals surface area (Å²) in [6.07, 6.45) is 1.67. The normalized spacial score (nSPS) is 12.1. The molecule has 0 aliphatic rings. The lowest BCUT2D eigenvalue weighted by atomic mass is 10.0. The van der Waals surface area contributed by atoms with Gasteiger partial charge in [-0.3, -0.25) is 4.79 Å². The van der Waals surface area contributed by atoms with Crippen molar-refractivity contribution < 1.29 is 29.0 Å². The molecule has 0 aliphatic carbocycles. The number of amides is 1. The summed E-state index contributed by atoms with van der Waals surface area (Å²) in [6, 6.07) is 8.36. The predicted octanol–water partition coefficient (Wildman–Crippen LogP) is 2.79. The van der Waals surface area contributed by atoms with Gasteiger partial charge in [-0.15, -0.1) is 0 Å². The van der Waals surface area contributed by atoms with E-state index < -0.39 is 30.2 Å². The van der Waals surface area contributed by atoms with Crippen LogP contribution in [0.25, 0.3) is 21.9 Å². The molecule has 0 saturated carbocycles. The SMILES string of the molecule is Cc1cc(=O)oc2c(C)c(OCC(=O)N[C@@H](Cc3c[nH]c4ccc(O)cc34)C(=O)O)ccc12. The number of carbonyl (C=O) groups excluding carboxylic acids is 1. The van der Waals surface area contributed by atoms with Crippen LogP contribution in [0.3, 0.4) is 0 Å². The third-order valence-corrected chi connectivity index (χ3v) is 5.49. The van der Waals surface area contributed by atoms with Crippen molar-refractivity contribution in [2.24, 2.45) is 0 Å². The maximum Gasteiger partial charge on any atom is 0.336 e. The molecule has 9 heteroatoms. The summed E-state index contributed by atoms with van der Waals surface area (Å²) in [7, 11) is 0. The van der Waals surface area contributed by atoms with Gasteiger partial charge in [-0.1, -0.05) is 0 Å². The molecule has 170 valence electrons. The third-order valence-electron chi connectivity index (χ3n) is 5.49. The topological polar surface area (TPSA) is 142 Å². The van der Waals surface area contributed by atoms with Gasteiger partial charge in [-0.25, -0.2) is 9.59 Å². The lowest BCUT2D eigenvalue weighted by Crippen LogP contribution is -2.44. The van der Waals surface area contributed by atoms with Gasteiger partial charge in [0.25, 0.3) is 5.91 Å². The Labute approximate surface area is 187 Å². The highest BCUT2D eigenvalue weighted by atomic mass is 16.5. The number of nitrogens with one attached hydrogen (secondary N) is 2. The maximum absolute atomic E-state index is 12.4. The van der Waals surface area contributed by atoms with Crippen LogP contribution in [0.1, 0.15) is 16.7 Å². The molecule has 9 nitrogen and oxygen atoms in total. The Morgan fingerprint density at radius 2 is 1.94 bits per heavy atom. The second-order valence-corrected chi connectivity index (χ2v) is 7.81. The fourth-order valence-corrected chi connectivity index (χ4v) is 3.79. The number of benzene rings is 2. The van der Waals surface area contributed by atoms with Crippen LogP contribution < -0.4 is 15.7 Å². The van der Waals surface area contributed by atoms with Crippen LogP contribution in [0.5, 0.6) is 11.5 Å². The quantitative estimate of drug-likeness (QED) is 0.317. The Morgan fingerprint density at radius 1 is 1.15 bits per heavy atom. The van der Waals surface area contributed by atoms with E-state index in [2.05, 4.69) is 10.3 Å². The van der Waals surface area contributed by atoms with Crippen molar-refractivity contribution in [3.8, 4) is 11.5 Å². The Balaban J connectivity index is 1.46. The van der Waals surface area contributed by atoms with Crippen LogP contribution >= 0.6 is 0 Å². The summed E-state index contributed by atoms with van der Waals surface area (Å²) in [5.74, 6) is -1.40. The van der Waals surface area contributed by atoms with Gasteiger partial charge in [0.05, 0.1) is 0 Å². The number of hydrogen-bond acceptors (Lipinski definition) is 6. The number of H-pyrrole nitrogens is 1. The molecule has 2 aromatic carbocycles. The fourth-order valence-electron chi connectivity index (χ4n) is 3.79. The zero-order chi connectivity index (χ0) is 23.7. The Bertz CT molecular complexity index is 1430. The average Bonchev–Trinajstić information content (AvgIpc) is 3.15. The molecular formula is C24H22N2O7. The standard InChI is InChI=1S/C24H22N2O7/c1-12-7-22(29)33-23-13(2)20(6-4-16(12)23)32-11-21(28)26-19(24(30)31)8-14-10-25-18-5-3-15(27)9-17(14)18/h3-7,9-10,19,25,27H,8,11H2,1-2H3,(H,26,28)(H,30,31)/t19-/m0/s1. The van der Waals surface area contributed by atoms with Crippen LogP contribution in [0.15, 0.2) is 51.8 Å². The van der Waals surface area contributed by atoms with E-state index in [-0.39, 0.29) is 12.2 Å². The van der Waals surface area contributed by atoms with E-state index in [1.807, 2.05) is 0 Å². The molecular weight excluding hydrogens is 428 g/mol. The smallest absolute Gasteiger partial charge is 0.336 e. The van der Waals surface area contributed by atoms with Gasteiger partial charge in [-0.05, 0) is 55.3 Å². The Kier molecular flexibility index (Phi) is 5.78. The van der Waals surface area contributed by atoms with Crippen molar-refractivity contribution in [1.82, 2.24) is 10.3 Å². The van der Waals surface area contributed by atoms with Gasteiger partial charge in [0.2, 0.25) is 0 Å². The average molecular weight is 450 g/mol. The lowest BCUT2D eigenvalue weighted by Gasteiger charge is -2.15. The van der Waals surface area contributed by atoms with Crippen LogP contribution in [0.2, 0.25) is 0 Å². The molecule has 0 spiro atoms. The predicted molar refractivity (Wildman–Crippen MR) is 121 cm³/mol. The van der Waals surface area contributed by atoms with Gasteiger partial charge in [-0.2, -0.15) is 0 Å². The number of ether oxygens (including phenoxy) is 1. The minimum absolute atomic E-state index is 0.0178. The van der Waals surface area contributed by atoms with Crippen molar-refractivity contribution >= 4 is 33.7 Å². The summed E-state index contributed by atoms with van der Waals surface area (Å²) in [6.45, 7) is 3.10. The number of aryl methyl sites for hydroxylation is 2. The number of phenolic OH excluding ortho intramolecular Hbond substituents is 1. The number of carboxylic acids is 1. The molecule has 1 atom stereocenters. The number of carbonyl (C=O) groups is 2. The fraction of sp³-hybridized carbons (Fsp3) is 0.208. The molecule has 0 fully saturated rings. The van der Waals surface area contributed by atoms with E-state index in [9.17, 15) is 24.6 Å². The van der Waals surface area contributed by atoms with Crippen molar-refractivity contribution in [1.29, 1.82) is 0 Å². The molecule has 0 radical (unpaired) electrons. The first-order chi connectivity index (χ1) is 15.7. The second kappa shape index (κ2) is 8.70. The van der Waals surface area contributed by atoms with Gasteiger partial charge >= 0.3 is 11.6 Å². The summed E-state index contributed by atoms with van der Waals surface area (Å²) < 4.78 is 10.9. The molecule has 33 heavy (non-hydrogen) atoms. The van der Waals surface area contributed by atoms with Crippen molar-refractivity contribution in [3.05, 3.63) is 69.7 Å². The number of carboxylic acid groups (broad SMARTS) is 1. The number of phenols is 1. The minimum atomic E-state index is -1.20. The zero-order valence-electron chi connectivity index (χ0n) is 18.0. The van der Waals surface area contributed by atoms with E-state index in [0.29, 0.717) is 27.8 Å². The van der Waals surface area contributed by atoms with Gasteiger partial charge < -0.3 is 29.7 Å². The van der Waals surface area contributed by atoms with Gasteiger partial charge in [0, 0.05) is 40.5 Å². The Hall–Kier alpha value is -4.27. The molecule has 4 N–H and O–H groups in total. The molecule has 0 saturated heterocycles. The van der Waals surface area contributed by atoms with E-state index in [4.69, 9.17) is 9.15 Å². The number of rotatable bonds is 7. The minimum Gasteiger partial charge on any atom is -0.508 e. The molecule has 4 aromatic rings. The largest absolute Gasteiger partial charge is 0.508 e. The van der Waals surface area contributed by atoms with Crippen molar-refractivity contribution in [2.45, 2.75) is 26.3 Å². The number of aliphatic carboxylic acids is 1. The van der Waals surface area contributed by atoms with Crippen molar-refractivity contribution in [3.63, 3.8) is 0 Å². The second-order valence-electron chi connectivity index (χ2n) is 7.81. The number of aromatic amines is 1. The number of aromatic nitrogens is 1. The third kappa shape index (κ3) is 4.52. The highest BCUT2D eigenvalue weighted by molar-refractivity contribution is 5.88.